The zero-order valence-corrected chi connectivity index (χ0v) is 31.2. The van der Waals surface area contributed by atoms with Crippen molar-refractivity contribution in [3.05, 3.63) is 140 Å². The van der Waals surface area contributed by atoms with E-state index in [-0.39, 0.29) is 57.1 Å². The minimum Gasteiger partial charge on any atom is -0.505 e. The quantitative estimate of drug-likeness (QED) is 0.0802. The second kappa shape index (κ2) is 17.9. The third-order valence-corrected chi connectivity index (χ3v) is 7.38. The zero-order chi connectivity index (χ0) is 33.3. The molecular weight excluding hydrogens is 685 g/mol. The van der Waals surface area contributed by atoms with Crippen molar-refractivity contribution in [2.75, 3.05) is 30.0 Å². The molecule has 49 heavy (non-hydrogen) atoms. The number of phenols is 1. The molecule has 9 heteroatoms. The molecule has 7 aromatic rings. The molecule has 8 nitrogen and oxygen atoms in total. The van der Waals surface area contributed by atoms with Gasteiger partial charge >= 0.3 is 0 Å². The van der Waals surface area contributed by atoms with Gasteiger partial charge in [-0.25, -0.2) is 0 Å². The van der Waals surface area contributed by atoms with E-state index in [0.717, 1.165) is 27.2 Å². The molecule has 1 amide bonds. The van der Waals surface area contributed by atoms with E-state index in [0.29, 0.717) is 22.4 Å². The van der Waals surface area contributed by atoms with Gasteiger partial charge in [-0.15, -0.1) is 17.2 Å². The standard InChI is InChI=1S/C29H21N5O2.C8H10N.C2H6.CH3.Y/c30-18-11-13-20(14-12-18)33-34-27-25-17(10-15-22-21-8-4-5-9-24(21)32-26(22)25)16-23(28(27)35)29(36)31-19-6-2-1-3-7-19;1-9(2)8-6-4-3-5-7-8;1-2;;/h1-16,32,35H,30H2,(H,31,36);4-7H,1-2H3;1-2H3;1H3;/q;-1;;-1;. The fourth-order valence-corrected chi connectivity index (χ4v) is 5.10. The third-order valence-electron chi connectivity index (χ3n) is 7.38. The maximum Gasteiger partial charge on any atom is 0.259 e. The van der Waals surface area contributed by atoms with Crippen molar-refractivity contribution in [1.29, 1.82) is 0 Å². The summed E-state index contributed by atoms with van der Waals surface area (Å²) in [6, 6.07) is 40.5. The number of nitrogens with zero attached hydrogens (tertiary/aromatic N) is 3. The van der Waals surface area contributed by atoms with Crippen LogP contribution < -0.4 is 16.0 Å². The fraction of sp³-hybridized carbons (Fsp3) is 0.100. The number of fused-ring (bicyclic) bond motifs is 5. The van der Waals surface area contributed by atoms with Gasteiger partial charge in [0.1, 0.15) is 5.69 Å². The van der Waals surface area contributed by atoms with Crippen LogP contribution in [0.5, 0.6) is 5.75 Å². The molecular formula is C40H40N6O2Y-2. The largest absolute Gasteiger partial charge is 0.505 e. The molecule has 7 rings (SSSR count). The Morgan fingerprint density at radius 3 is 2.14 bits per heavy atom. The van der Waals surface area contributed by atoms with E-state index in [1.54, 1.807) is 42.5 Å². The average Bonchev–Trinajstić information content (AvgIpc) is 3.49. The van der Waals surface area contributed by atoms with E-state index < -0.39 is 5.91 Å². The Kier molecular flexibility index (Phi) is 14.0. The van der Waals surface area contributed by atoms with Gasteiger partial charge in [0.05, 0.1) is 16.8 Å². The number of aromatic nitrogens is 1. The molecule has 1 aromatic heterocycles. The number of anilines is 3. The van der Waals surface area contributed by atoms with Crippen molar-refractivity contribution < 1.29 is 42.6 Å². The topological polar surface area (TPSA) is 119 Å². The van der Waals surface area contributed by atoms with Gasteiger partial charge < -0.3 is 33.5 Å². The minimum atomic E-state index is -0.443. The van der Waals surface area contributed by atoms with Gasteiger partial charge in [0, 0.05) is 79.9 Å². The van der Waals surface area contributed by atoms with Gasteiger partial charge in [-0.1, -0.05) is 68.1 Å². The van der Waals surface area contributed by atoms with Gasteiger partial charge in [0.2, 0.25) is 0 Å². The second-order valence-corrected chi connectivity index (χ2v) is 10.6. The summed E-state index contributed by atoms with van der Waals surface area (Å²) in [6.07, 6.45) is 0. The van der Waals surface area contributed by atoms with Crippen LogP contribution in [0.1, 0.15) is 24.2 Å². The number of nitrogens with one attached hydrogen (secondary N) is 2. The predicted molar refractivity (Wildman–Crippen MR) is 202 cm³/mol. The molecule has 6 aromatic carbocycles. The van der Waals surface area contributed by atoms with E-state index in [1.165, 1.54) is 5.69 Å². The van der Waals surface area contributed by atoms with Gasteiger partial charge in [-0.05, 0) is 53.9 Å². The monoisotopic (exact) mass is 725 g/mol. The Hall–Kier alpha value is -5.05. The minimum absolute atomic E-state index is 0. The van der Waals surface area contributed by atoms with Crippen molar-refractivity contribution >= 4 is 66.9 Å². The maximum absolute atomic E-state index is 13.2. The number of H-pyrrole nitrogens is 1. The van der Waals surface area contributed by atoms with Gasteiger partial charge in [-0.2, -0.15) is 23.3 Å². The van der Waals surface area contributed by atoms with Crippen LogP contribution in [0.3, 0.4) is 0 Å². The number of aromatic amines is 1. The van der Waals surface area contributed by atoms with Crippen LogP contribution in [0.15, 0.2) is 132 Å². The first kappa shape index (κ1) is 38.4. The van der Waals surface area contributed by atoms with E-state index in [4.69, 9.17) is 5.73 Å². The third kappa shape index (κ3) is 8.90. The van der Waals surface area contributed by atoms with Crippen LogP contribution in [-0.2, 0) is 32.7 Å². The van der Waals surface area contributed by atoms with Crippen LogP contribution in [0.4, 0.5) is 28.4 Å². The molecule has 0 aliphatic heterocycles. The number of nitrogens with two attached hydrogens (primary N) is 1. The molecule has 0 spiro atoms. The Morgan fingerprint density at radius 2 is 1.49 bits per heavy atom. The molecule has 0 aliphatic rings. The first-order valence-electron chi connectivity index (χ1n) is 15.4. The number of carbonyl (C=O) groups excluding carboxylic acids is 1. The number of para-hydroxylation sites is 2. The summed E-state index contributed by atoms with van der Waals surface area (Å²) in [6.45, 7) is 4.00. The van der Waals surface area contributed by atoms with Crippen molar-refractivity contribution in [2.45, 2.75) is 13.8 Å². The summed E-state index contributed by atoms with van der Waals surface area (Å²) in [5, 5.41) is 26.4. The Bertz CT molecular complexity index is 2150. The molecule has 0 atom stereocenters. The number of aromatic hydroxyl groups is 1. The summed E-state index contributed by atoms with van der Waals surface area (Å²) >= 11 is 0. The van der Waals surface area contributed by atoms with Crippen LogP contribution in [-0.4, -0.2) is 30.1 Å². The first-order valence-corrected chi connectivity index (χ1v) is 15.4. The molecule has 0 saturated carbocycles. The molecule has 0 bridgehead atoms. The van der Waals surface area contributed by atoms with Crippen molar-refractivity contribution in [2.24, 2.45) is 10.2 Å². The van der Waals surface area contributed by atoms with E-state index in [9.17, 15) is 9.90 Å². The molecule has 1 heterocycles. The van der Waals surface area contributed by atoms with E-state index in [2.05, 4.69) is 31.5 Å². The summed E-state index contributed by atoms with van der Waals surface area (Å²) in [5.74, 6) is -0.692. The van der Waals surface area contributed by atoms with Gasteiger partial charge in [0.15, 0.2) is 5.75 Å². The van der Waals surface area contributed by atoms with Gasteiger partial charge in [-0.3, -0.25) is 4.79 Å². The summed E-state index contributed by atoms with van der Waals surface area (Å²) in [4.78, 5) is 18.7. The Morgan fingerprint density at radius 1 is 0.837 bits per heavy atom. The maximum atomic E-state index is 13.2. The molecule has 1 radical (unpaired) electrons. The summed E-state index contributed by atoms with van der Waals surface area (Å²) in [7, 11) is 4.05. The Balaban J connectivity index is 0.000000434. The van der Waals surface area contributed by atoms with Crippen molar-refractivity contribution in [1.82, 2.24) is 4.98 Å². The summed E-state index contributed by atoms with van der Waals surface area (Å²) < 4.78 is 0. The summed E-state index contributed by atoms with van der Waals surface area (Å²) in [5.41, 5.74) is 10.9. The fourth-order valence-electron chi connectivity index (χ4n) is 5.10. The van der Waals surface area contributed by atoms with Crippen molar-refractivity contribution in [3.63, 3.8) is 0 Å². The molecule has 0 fully saturated rings. The number of nitrogen functional groups attached to an aromatic ring is 1. The van der Waals surface area contributed by atoms with Gasteiger partial charge in [0.25, 0.3) is 5.91 Å². The predicted octanol–water partition coefficient (Wildman–Crippen LogP) is 10.5. The number of hydrogen-bond acceptors (Lipinski definition) is 6. The average molecular weight is 726 g/mol. The number of azo groups is 1. The molecule has 247 valence electrons. The molecule has 0 saturated heterocycles. The molecule has 0 aliphatic carbocycles. The Labute approximate surface area is 312 Å². The number of hydrogen-bond donors (Lipinski definition) is 4. The number of benzene rings is 6. The normalized spacial score (nSPS) is 10.3. The van der Waals surface area contributed by atoms with E-state index in [1.807, 2.05) is 107 Å². The first-order chi connectivity index (χ1) is 22.9. The van der Waals surface area contributed by atoms with Crippen LogP contribution in [0.25, 0.3) is 32.6 Å². The number of rotatable bonds is 5. The number of amides is 1. The zero-order valence-electron chi connectivity index (χ0n) is 28.4. The number of carbonyl (C=O) groups is 1. The van der Waals surface area contributed by atoms with E-state index >= 15 is 0 Å². The van der Waals surface area contributed by atoms with Crippen LogP contribution >= 0.6 is 0 Å². The SMILES string of the molecule is CC.CN(C)c1cc[c-]cc1.Nc1ccc(N=Nc2c(O)c(C(=O)Nc3ccccc3)cc3ccc4c5ccccc5[nH]c4c23)cc1.[CH3-].[Y]. The second-order valence-electron chi connectivity index (χ2n) is 10.6. The van der Waals surface area contributed by atoms with Crippen LogP contribution in [0, 0.1) is 13.5 Å². The molecule has 5 N–H and O–H groups in total. The van der Waals surface area contributed by atoms with Crippen molar-refractivity contribution in [3.8, 4) is 5.75 Å². The number of phenolic OH excluding ortho intramolecular Hbond substituents is 1. The smallest absolute Gasteiger partial charge is 0.259 e. The van der Waals surface area contributed by atoms with Crippen LogP contribution in [0.2, 0.25) is 0 Å². The molecule has 0 unspecified atom stereocenters.